The Morgan fingerprint density at radius 3 is 2.75 bits per heavy atom. The summed E-state index contributed by atoms with van der Waals surface area (Å²) in [5.74, 6) is -0.902. The molecule has 0 saturated heterocycles. The minimum Gasteiger partial charge on any atom is -0.478 e. The van der Waals surface area contributed by atoms with Crippen LogP contribution in [0.4, 0.5) is 0 Å². The van der Waals surface area contributed by atoms with Gasteiger partial charge in [0.2, 0.25) is 0 Å². The van der Waals surface area contributed by atoms with E-state index in [9.17, 15) is 9.90 Å². The highest BCUT2D eigenvalue weighted by Gasteiger charge is 2.14. The van der Waals surface area contributed by atoms with E-state index in [0.717, 1.165) is 22.3 Å². The fourth-order valence-electron chi connectivity index (χ4n) is 2.53. The summed E-state index contributed by atoms with van der Waals surface area (Å²) < 4.78 is 3.78. The highest BCUT2D eigenvalue weighted by Crippen LogP contribution is 2.22. The SMILES string of the molecule is Cc1cc(Cn2cc(C(=O)O)c3ccccc32)n(C)n1. The lowest BCUT2D eigenvalue weighted by molar-refractivity contribution is 0.0699. The molecule has 1 aromatic carbocycles. The first-order valence-electron chi connectivity index (χ1n) is 6.37. The first-order valence-corrected chi connectivity index (χ1v) is 6.37. The fraction of sp³-hybridized carbons (Fsp3) is 0.200. The van der Waals surface area contributed by atoms with Crippen LogP contribution in [0.5, 0.6) is 0 Å². The van der Waals surface area contributed by atoms with E-state index in [1.54, 1.807) is 6.20 Å². The van der Waals surface area contributed by atoms with Gasteiger partial charge in [0.25, 0.3) is 0 Å². The predicted octanol–water partition coefficient (Wildman–Crippen LogP) is 2.43. The second kappa shape index (κ2) is 4.52. The summed E-state index contributed by atoms with van der Waals surface area (Å²) in [6.07, 6.45) is 1.69. The topological polar surface area (TPSA) is 60.1 Å². The molecule has 0 radical (unpaired) electrons. The maximum Gasteiger partial charge on any atom is 0.337 e. The molecule has 20 heavy (non-hydrogen) atoms. The van der Waals surface area contributed by atoms with Crippen LogP contribution < -0.4 is 0 Å². The molecule has 0 aliphatic rings. The van der Waals surface area contributed by atoms with Gasteiger partial charge in [0, 0.05) is 24.1 Å². The van der Waals surface area contributed by atoms with Crippen molar-refractivity contribution in [1.82, 2.24) is 14.3 Å². The average Bonchev–Trinajstić information content (AvgIpc) is 2.92. The molecule has 0 fully saturated rings. The van der Waals surface area contributed by atoms with Crippen molar-refractivity contribution in [2.75, 3.05) is 0 Å². The molecule has 3 rings (SSSR count). The number of carboxylic acid groups (broad SMARTS) is 1. The van der Waals surface area contributed by atoms with Gasteiger partial charge in [-0.1, -0.05) is 18.2 Å². The van der Waals surface area contributed by atoms with Crippen molar-refractivity contribution in [3.05, 3.63) is 53.5 Å². The molecule has 102 valence electrons. The second-order valence-corrected chi connectivity index (χ2v) is 4.89. The van der Waals surface area contributed by atoms with Gasteiger partial charge in [0.1, 0.15) is 0 Å². The number of aromatic carboxylic acids is 1. The molecule has 5 heteroatoms. The number of carboxylic acids is 1. The Morgan fingerprint density at radius 1 is 1.35 bits per heavy atom. The van der Waals surface area contributed by atoms with Gasteiger partial charge in [-0.15, -0.1) is 0 Å². The van der Waals surface area contributed by atoms with Gasteiger partial charge >= 0.3 is 5.97 Å². The number of aromatic nitrogens is 3. The van der Waals surface area contributed by atoms with Crippen LogP contribution in [0.25, 0.3) is 10.9 Å². The lowest BCUT2D eigenvalue weighted by Gasteiger charge is -2.05. The zero-order chi connectivity index (χ0) is 14.3. The number of fused-ring (bicyclic) bond motifs is 1. The van der Waals surface area contributed by atoms with Gasteiger partial charge in [-0.2, -0.15) is 5.10 Å². The molecule has 2 aromatic heterocycles. The Kier molecular flexibility index (Phi) is 2.82. The van der Waals surface area contributed by atoms with E-state index in [2.05, 4.69) is 5.10 Å². The van der Waals surface area contributed by atoms with Crippen LogP contribution in [0.3, 0.4) is 0 Å². The van der Waals surface area contributed by atoms with Gasteiger partial charge < -0.3 is 9.67 Å². The molecule has 0 spiro atoms. The van der Waals surface area contributed by atoms with Crippen LogP contribution >= 0.6 is 0 Å². The number of hydrogen-bond acceptors (Lipinski definition) is 2. The number of aryl methyl sites for hydroxylation is 2. The van der Waals surface area contributed by atoms with E-state index in [1.807, 2.05) is 53.6 Å². The smallest absolute Gasteiger partial charge is 0.337 e. The van der Waals surface area contributed by atoms with Crippen molar-refractivity contribution >= 4 is 16.9 Å². The van der Waals surface area contributed by atoms with Gasteiger partial charge in [-0.3, -0.25) is 4.68 Å². The molecule has 0 atom stereocenters. The van der Waals surface area contributed by atoms with Crippen molar-refractivity contribution in [2.45, 2.75) is 13.5 Å². The zero-order valence-corrected chi connectivity index (χ0v) is 11.4. The van der Waals surface area contributed by atoms with Crippen molar-refractivity contribution in [2.24, 2.45) is 7.05 Å². The van der Waals surface area contributed by atoms with E-state index in [-0.39, 0.29) is 0 Å². The minimum absolute atomic E-state index is 0.333. The van der Waals surface area contributed by atoms with Gasteiger partial charge in [0.05, 0.1) is 23.5 Å². The lowest BCUT2D eigenvalue weighted by Crippen LogP contribution is -2.04. The summed E-state index contributed by atoms with van der Waals surface area (Å²) in [6.45, 7) is 2.55. The van der Waals surface area contributed by atoms with Crippen LogP contribution in [0, 0.1) is 6.92 Å². The van der Waals surface area contributed by atoms with Crippen LogP contribution in [-0.2, 0) is 13.6 Å². The number of rotatable bonds is 3. The quantitative estimate of drug-likeness (QED) is 0.794. The Labute approximate surface area is 116 Å². The molecule has 2 heterocycles. The fourth-order valence-corrected chi connectivity index (χ4v) is 2.53. The molecule has 0 bridgehead atoms. The van der Waals surface area contributed by atoms with Crippen LogP contribution in [0.15, 0.2) is 36.5 Å². The monoisotopic (exact) mass is 269 g/mol. The van der Waals surface area contributed by atoms with Crippen molar-refractivity contribution < 1.29 is 9.90 Å². The zero-order valence-electron chi connectivity index (χ0n) is 11.4. The van der Waals surface area contributed by atoms with E-state index >= 15 is 0 Å². The van der Waals surface area contributed by atoms with E-state index < -0.39 is 5.97 Å². The van der Waals surface area contributed by atoms with Crippen LogP contribution in [0.1, 0.15) is 21.7 Å². The van der Waals surface area contributed by atoms with Gasteiger partial charge in [-0.25, -0.2) is 4.79 Å². The van der Waals surface area contributed by atoms with Gasteiger partial charge in [-0.05, 0) is 19.1 Å². The molecular weight excluding hydrogens is 254 g/mol. The molecule has 0 aliphatic carbocycles. The van der Waals surface area contributed by atoms with Crippen LogP contribution in [0.2, 0.25) is 0 Å². The summed E-state index contributed by atoms with van der Waals surface area (Å²) in [5.41, 5.74) is 3.25. The highest BCUT2D eigenvalue weighted by atomic mass is 16.4. The maximum atomic E-state index is 11.3. The Hall–Kier alpha value is -2.56. The summed E-state index contributed by atoms with van der Waals surface area (Å²) in [6, 6.07) is 9.55. The third kappa shape index (κ3) is 1.97. The number of nitrogens with zero attached hydrogens (tertiary/aromatic N) is 3. The van der Waals surface area contributed by atoms with Crippen molar-refractivity contribution in [3.8, 4) is 0 Å². The van der Waals surface area contributed by atoms with Crippen LogP contribution in [-0.4, -0.2) is 25.4 Å². The summed E-state index contributed by atoms with van der Waals surface area (Å²) in [5, 5.41) is 14.4. The van der Waals surface area contributed by atoms with E-state index in [4.69, 9.17) is 0 Å². The summed E-state index contributed by atoms with van der Waals surface area (Å²) in [7, 11) is 1.89. The van der Waals surface area contributed by atoms with Gasteiger partial charge in [0.15, 0.2) is 0 Å². The third-order valence-corrected chi connectivity index (χ3v) is 3.45. The standard InChI is InChI=1S/C15H15N3O2/c1-10-7-11(17(2)16-10)8-18-9-13(15(19)20)12-5-3-4-6-14(12)18/h3-7,9H,8H2,1-2H3,(H,19,20). The summed E-state index contributed by atoms with van der Waals surface area (Å²) >= 11 is 0. The average molecular weight is 269 g/mol. The Balaban J connectivity index is 2.12. The second-order valence-electron chi connectivity index (χ2n) is 4.89. The molecule has 0 aliphatic heterocycles. The molecule has 0 amide bonds. The Morgan fingerprint density at radius 2 is 2.10 bits per heavy atom. The molecule has 3 aromatic rings. The molecule has 0 unspecified atom stereocenters. The molecule has 0 saturated carbocycles. The van der Waals surface area contributed by atoms with E-state index in [0.29, 0.717) is 12.1 Å². The Bertz CT molecular complexity index is 799. The number of benzene rings is 1. The molecular formula is C15H15N3O2. The van der Waals surface area contributed by atoms with Crippen molar-refractivity contribution in [1.29, 1.82) is 0 Å². The summed E-state index contributed by atoms with van der Waals surface area (Å²) in [4.78, 5) is 11.3. The molecule has 1 N–H and O–H groups in total. The maximum absolute atomic E-state index is 11.3. The normalized spacial score (nSPS) is 11.1. The number of carbonyl (C=O) groups is 1. The molecule has 5 nitrogen and oxygen atoms in total. The largest absolute Gasteiger partial charge is 0.478 e. The number of para-hydroxylation sites is 1. The number of hydrogen-bond donors (Lipinski definition) is 1. The first-order chi connectivity index (χ1) is 9.56. The first kappa shape index (κ1) is 12.5. The van der Waals surface area contributed by atoms with Crippen molar-refractivity contribution in [3.63, 3.8) is 0 Å². The predicted molar refractivity (Wildman–Crippen MR) is 75.9 cm³/mol. The third-order valence-electron chi connectivity index (χ3n) is 3.45. The van der Waals surface area contributed by atoms with E-state index in [1.165, 1.54) is 0 Å². The minimum atomic E-state index is -0.902. The highest BCUT2D eigenvalue weighted by molar-refractivity contribution is 6.03. The lowest BCUT2D eigenvalue weighted by atomic mass is 10.2.